The minimum atomic E-state index is -3.71. The largest absolute Gasteiger partial charge is 0.322 e. The molecule has 1 amide bonds. The summed E-state index contributed by atoms with van der Waals surface area (Å²) in [6, 6.07) is 12.0. The van der Waals surface area contributed by atoms with Crippen LogP contribution in [0.5, 0.6) is 0 Å². The highest BCUT2D eigenvalue weighted by Gasteiger charge is 2.30. The van der Waals surface area contributed by atoms with Gasteiger partial charge in [-0.15, -0.1) is 0 Å². The van der Waals surface area contributed by atoms with Crippen molar-refractivity contribution in [1.82, 2.24) is 4.31 Å². The molecule has 0 unspecified atom stereocenters. The zero-order valence-electron chi connectivity index (χ0n) is 16.3. The molecule has 28 heavy (non-hydrogen) atoms. The van der Waals surface area contributed by atoms with Crippen LogP contribution in [0.4, 0.5) is 5.69 Å². The molecule has 0 saturated carbocycles. The molecule has 1 fully saturated rings. The Morgan fingerprint density at radius 3 is 2.36 bits per heavy atom. The number of anilines is 1. The van der Waals surface area contributed by atoms with Gasteiger partial charge < -0.3 is 5.32 Å². The molecule has 1 saturated heterocycles. The van der Waals surface area contributed by atoms with Crippen molar-refractivity contribution >= 4 is 33.2 Å². The van der Waals surface area contributed by atoms with Gasteiger partial charge in [-0.1, -0.05) is 50.6 Å². The second-order valence-corrected chi connectivity index (χ2v) is 10.3. The van der Waals surface area contributed by atoms with Crippen LogP contribution >= 0.6 is 11.6 Å². The fourth-order valence-corrected chi connectivity index (χ4v) is 5.37. The lowest BCUT2D eigenvalue weighted by molar-refractivity contribution is 0.102. The summed E-state index contributed by atoms with van der Waals surface area (Å²) < 4.78 is 27.2. The van der Waals surface area contributed by atoms with Gasteiger partial charge in [-0.3, -0.25) is 4.79 Å². The molecule has 2 aromatic rings. The van der Waals surface area contributed by atoms with Crippen molar-refractivity contribution in [3.63, 3.8) is 0 Å². The molecule has 150 valence electrons. The predicted octanol–water partition coefficient (Wildman–Crippen LogP) is 4.67. The molecule has 0 atom stereocenters. The van der Waals surface area contributed by atoms with Gasteiger partial charge in [-0.25, -0.2) is 8.42 Å². The van der Waals surface area contributed by atoms with Gasteiger partial charge in [0.15, 0.2) is 0 Å². The van der Waals surface area contributed by atoms with E-state index in [1.165, 1.54) is 16.4 Å². The van der Waals surface area contributed by atoms with Gasteiger partial charge in [0.1, 0.15) is 4.90 Å². The van der Waals surface area contributed by atoms with E-state index in [1.807, 2.05) is 24.3 Å². The van der Waals surface area contributed by atoms with Crippen LogP contribution in [-0.4, -0.2) is 31.7 Å². The number of amides is 1. The van der Waals surface area contributed by atoms with Gasteiger partial charge in [-0.05, 0) is 48.1 Å². The minimum Gasteiger partial charge on any atom is -0.322 e. The lowest BCUT2D eigenvalue weighted by Gasteiger charge is -2.23. The first-order chi connectivity index (χ1) is 13.1. The molecule has 1 heterocycles. The third-order valence-electron chi connectivity index (χ3n) is 4.86. The fraction of sp³-hybridized carbons (Fsp3) is 0.381. The van der Waals surface area contributed by atoms with E-state index < -0.39 is 10.0 Å². The molecule has 3 rings (SSSR count). The highest BCUT2D eigenvalue weighted by atomic mass is 35.5. The number of sulfonamides is 1. The number of para-hydroxylation sites is 1. The van der Waals surface area contributed by atoms with Crippen molar-refractivity contribution in [3.05, 3.63) is 58.6 Å². The van der Waals surface area contributed by atoms with Gasteiger partial charge in [0.25, 0.3) is 5.91 Å². The molecule has 7 heteroatoms. The van der Waals surface area contributed by atoms with E-state index in [0.29, 0.717) is 18.8 Å². The molecule has 2 aromatic carbocycles. The summed E-state index contributed by atoms with van der Waals surface area (Å²) in [6.45, 7) is 7.17. The summed E-state index contributed by atoms with van der Waals surface area (Å²) in [7, 11) is -3.71. The topological polar surface area (TPSA) is 66.5 Å². The molecular formula is C21H25ClN2O3S. The Morgan fingerprint density at radius 1 is 1.07 bits per heavy atom. The predicted molar refractivity (Wildman–Crippen MR) is 113 cm³/mol. The maximum Gasteiger partial charge on any atom is 0.255 e. The number of hydrogen-bond donors (Lipinski definition) is 1. The summed E-state index contributed by atoms with van der Waals surface area (Å²) in [6.07, 6.45) is 1.67. The van der Waals surface area contributed by atoms with E-state index in [-0.39, 0.29) is 26.8 Å². The highest BCUT2D eigenvalue weighted by molar-refractivity contribution is 7.89. The molecule has 1 aliphatic rings. The van der Waals surface area contributed by atoms with Crippen LogP contribution in [0.3, 0.4) is 0 Å². The number of hydrogen-bond acceptors (Lipinski definition) is 3. The zero-order chi connectivity index (χ0) is 20.5. The molecule has 1 N–H and O–H groups in total. The Bertz CT molecular complexity index is 991. The molecule has 5 nitrogen and oxygen atoms in total. The van der Waals surface area contributed by atoms with Crippen molar-refractivity contribution in [2.45, 2.75) is 43.9 Å². The zero-order valence-corrected chi connectivity index (χ0v) is 17.9. The van der Waals surface area contributed by atoms with Crippen molar-refractivity contribution in [3.8, 4) is 0 Å². The SMILES string of the molecule is CC(C)(C)c1ccccc1NC(=O)c1ccc(Cl)c(S(=O)(=O)N2CCCC2)c1. The standard InChI is InChI=1S/C21H25ClN2O3S/c1-21(2,3)16-8-4-5-9-18(16)23-20(25)15-10-11-17(22)19(14-15)28(26,27)24-12-6-7-13-24/h4-5,8-11,14H,6-7,12-13H2,1-3H3,(H,23,25). The summed E-state index contributed by atoms with van der Waals surface area (Å²) in [5.41, 5.74) is 1.82. The lowest BCUT2D eigenvalue weighted by Crippen LogP contribution is -2.28. The normalized spacial score (nSPS) is 15.6. The number of carbonyl (C=O) groups excluding carboxylic acids is 1. The van der Waals surface area contributed by atoms with E-state index in [0.717, 1.165) is 18.4 Å². The van der Waals surface area contributed by atoms with Gasteiger partial charge in [-0.2, -0.15) is 4.31 Å². The van der Waals surface area contributed by atoms with Crippen molar-refractivity contribution in [2.75, 3.05) is 18.4 Å². The Morgan fingerprint density at radius 2 is 1.71 bits per heavy atom. The average molecular weight is 421 g/mol. The minimum absolute atomic E-state index is 0.0205. The molecule has 0 radical (unpaired) electrons. The third-order valence-corrected chi connectivity index (χ3v) is 7.24. The summed E-state index contributed by atoms with van der Waals surface area (Å²) in [5.74, 6) is -0.369. The van der Waals surface area contributed by atoms with Crippen molar-refractivity contribution < 1.29 is 13.2 Å². The van der Waals surface area contributed by atoms with E-state index in [2.05, 4.69) is 26.1 Å². The van der Waals surface area contributed by atoms with Crippen LogP contribution in [0.15, 0.2) is 47.4 Å². The van der Waals surface area contributed by atoms with Gasteiger partial charge in [0.05, 0.1) is 5.02 Å². The second-order valence-electron chi connectivity index (χ2n) is 8.01. The Kier molecular flexibility index (Phi) is 5.84. The van der Waals surface area contributed by atoms with E-state index in [9.17, 15) is 13.2 Å². The van der Waals surface area contributed by atoms with E-state index >= 15 is 0 Å². The first-order valence-electron chi connectivity index (χ1n) is 9.31. The number of carbonyl (C=O) groups is 1. The third kappa shape index (κ3) is 4.24. The molecule has 0 aromatic heterocycles. The Labute approximate surface area is 171 Å². The Hall–Kier alpha value is -1.89. The van der Waals surface area contributed by atoms with Crippen LogP contribution in [0, 0.1) is 0 Å². The van der Waals surface area contributed by atoms with Gasteiger partial charge in [0, 0.05) is 24.3 Å². The number of benzene rings is 2. The summed E-state index contributed by atoms with van der Waals surface area (Å²) in [4.78, 5) is 12.8. The first kappa shape index (κ1) is 20.8. The number of halogens is 1. The molecule has 1 aliphatic heterocycles. The van der Waals surface area contributed by atoms with Crippen LogP contribution in [0.25, 0.3) is 0 Å². The number of rotatable bonds is 4. The van der Waals surface area contributed by atoms with Gasteiger partial charge in [0.2, 0.25) is 10.0 Å². The van der Waals surface area contributed by atoms with Crippen LogP contribution in [0.1, 0.15) is 49.5 Å². The monoisotopic (exact) mass is 420 g/mol. The van der Waals surface area contributed by atoms with Gasteiger partial charge >= 0.3 is 0 Å². The van der Waals surface area contributed by atoms with Crippen LogP contribution in [0.2, 0.25) is 5.02 Å². The second kappa shape index (κ2) is 7.85. The van der Waals surface area contributed by atoms with Crippen molar-refractivity contribution in [2.24, 2.45) is 0 Å². The first-order valence-corrected chi connectivity index (χ1v) is 11.1. The number of nitrogens with zero attached hydrogens (tertiary/aromatic N) is 1. The summed E-state index contributed by atoms with van der Waals surface area (Å²) in [5, 5.41) is 3.03. The summed E-state index contributed by atoms with van der Waals surface area (Å²) >= 11 is 6.17. The smallest absolute Gasteiger partial charge is 0.255 e. The highest BCUT2D eigenvalue weighted by Crippen LogP contribution is 2.31. The Balaban J connectivity index is 1.92. The lowest BCUT2D eigenvalue weighted by atomic mass is 9.86. The molecule has 0 spiro atoms. The maximum absolute atomic E-state index is 12.9. The molecular weight excluding hydrogens is 396 g/mol. The number of nitrogens with one attached hydrogen (secondary N) is 1. The van der Waals surface area contributed by atoms with Crippen molar-refractivity contribution in [1.29, 1.82) is 0 Å². The molecule has 0 aliphatic carbocycles. The quantitative estimate of drug-likeness (QED) is 0.781. The van der Waals surface area contributed by atoms with E-state index in [1.54, 1.807) is 6.07 Å². The van der Waals surface area contributed by atoms with Crippen LogP contribution in [-0.2, 0) is 15.4 Å². The van der Waals surface area contributed by atoms with E-state index in [4.69, 9.17) is 11.6 Å². The average Bonchev–Trinajstić information content (AvgIpc) is 3.17. The van der Waals surface area contributed by atoms with Crippen LogP contribution < -0.4 is 5.32 Å². The fourth-order valence-electron chi connectivity index (χ4n) is 3.35. The maximum atomic E-state index is 12.9. The molecule has 0 bridgehead atoms.